The molecule has 0 radical (unpaired) electrons. The molecule has 0 aliphatic rings. The fourth-order valence-corrected chi connectivity index (χ4v) is 2.67. The molecular formula is C20H21FN4O3. The van der Waals surface area contributed by atoms with Crippen LogP contribution in [0.3, 0.4) is 0 Å². The number of nitrogens with one attached hydrogen (secondary N) is 1. The highest BCUT2D eigenvalue weighted by atomic mass is 19.1. The summed E-state index contributed by atoms with van der Waals surface area (Å²) in [4.78, 5) is 16.8. The normalized spacial score (nSPS) is 10.7. The van der Waals surface area contributed by atoms with E-state index < -0.39 is 5.82 Å². The topological polar surface area (TPSA) is 78.3 Å². The molecule has 0 saturated heterocycles. The van der Waals surface area contributed by atoms with Crippen LogP contribution in [0.25, 0.3) is 5.69 Å². The van der Waals surface area contributed by atoms with Crippen molar-refractivity contribution in [1.29, 1.82) is 0 Å². The van der Waals surface area contributed by atoms with E-state index in [9.17, 15) is 9.18 Å². The SMILES string of the molecule is COCCOc1ccc(F)cc1NC(=O)c1ccc(-n2nc(C)nc2C)cc1. The summed E-state index contributed by atoms with van der Waals surface area (Å²) < 4.78 is 25.8. The van der Waals surface area contributed by atoms with Crippen molar-refractivity contribution in [3.05, 3.63) is 65.5 Å². The first-order valence-electron chi connectivity index (χ1n) is 8.71. The zero-order valence-electron chi connectivity index (χ0n) is 15.9. The number of benzene rings is 2. The number of aryl methyl sites for hydroxylation is 2. The highest BCUT2D eigenvalue weighted by Gasteiger charge is 2.12. The summed E-state index contributed by atoms with van der Waals surface area (Å²) in [6, 6.07) is 10.9. The summed E-state index contributed by atoms with van der Waals surface area (Å²) in [7, 11) is 1.56. The molecule has 0 bridgehead atoms. The van der Waals surface area contributed by atoms with Crippen LogP contribution in [-0.2, 0) is 4.74 Å². The van der Waals surface area contributed by atoms with Crippen molar-refractivity contribution in [2.45, 2.75) is 13.8 Å². The van der Waals surface area contributed by atoms with Gasteiger partial charge in [0.25, 0.3) is 5.91 Å². The van der Waals surface area contributed by atoms with E-state index in [0.29, 0.717) is 23.7 Å². The predicted molar refractivity (Wildman–Crippen MR) is 103 cm³/mol. The molecule has 0 saturated carbocycles. The average Bonchev–Trinajstić information content (AvgIpc) is 3.02. The largest absolute Gasteiger partial charge is 0.489 e. The number of nitrogens with zero attached hydrogens (tertiary/aromatic N) is 3. The number of rotatable bonds is 7. The molecule has 3 aromatic rings. The summed E-state index contributed by atoms with van der Waals surface area (Å²) in [6.45, 7) is 4.34. The van der Waals surface area contributed by atoms with Crippen LogP contribution in [0.2, 0.25) is 0 Å². The second kappa shape index (κ2) is 8.62. The lowest BCUT2D eigenvalue weighted by molar-refractivity contribution is 0.102. The Morgan fingerprint density at radius 1 is 1.14 bits per heavy atom. The zero-order valence-corrected chi connectivity index (χ0v) is 15.9. The number of methoxy groups -OCH3 is 1. The Labute approximate surface area is 162 Å². The van der Waals surface area contributed by atoms with Gasteiger partial charge in [-0.3, -0.25) is 4.79 Å². The van der Waals surface area contributed by atoms with Crippen LogP contribution >= 0.6 is 0 Å². The number of anilines is 1. The summed E-state index contributed by atoms with van der Waals surface area (Å²) in [5.74, 6) is 0.956. The van der Waals surface area contributed by atoms with E-state index >= 15 is 0 Å². The molecule has 0 unspecified atom stereocenters. The van der Waals surface area contributed by atoms with Gasteiger partial charge in [-0.1, -0.05) is 0 Å². The number of ether oxygens (including phenoxy) is 2. The second-order valence-corrected chi connectivity index (χ2v) is 6.10. The van der Waals surface area contributed by atoms with Gasteiger partial charge in [0, 0.05) is 18.7 Å². The minimum atomic E-state index is -0.471. The standard InChI is InChI=1S/C20H21FN4O3/c1-13-22-14(2)25(24-13)17-7-4-15(5-8-17)20(26)23-18-12-16(21)6-9-19(18)28-11-10-27-3/h4-9,12H,10-11H2,1-3H3,(H,23,26). The van der Waals surface area contributed by atoms with Crippen molar-refractivity contribution >= 4 is 11.6 Å². The molecule has 1 N–H and O–H groups in total. The predicted octanol–water partition coefficient (Wildman–Crippen LogP) is 3.30. The molecule has 0 aliphatic heterocycles. The third-order valence-electron chi connectivity index (χ3n) is 3.98. The van der Waals surface area contributed by atoms with Crippen molar-refractivity contribution in [3.63, 3.8) is 0 Å². The first-order valence-corrected chi connectivity index (χ1v) is 8.71. The van der Waals surface area contributed by atoms with Gasteiger partial charge in [-0.25, -0.2) is 14.1 Å². The van der Waals surface area contributed by atoms with E-state index in [-0.39, 0.29) is 18.2 Å². The lowest BCUT2D eigenvalue weighted by atomic mass is 10.2. The molecule has 1 aromatic heterocycles. The average molecular weight is 384 g/mol. The number of aromatic nitrogens is 3. The van der Waals surface area contributed by atoms with Gasteiger partial charge in [0.15, 0.2) is 0 Å². The number of hydrogen-bond acceptors (Lipinski definition) is 5. The number of carbonyl (C=O) groups is 1. The third-order valence-corrected chi connectivity index (χ3v) is 3.98. The summed E-state index contributed by atoms with van der Waals surface area (Å²) in [5.41, 5.74) is 1.47. The van der Waals surface area contributed by atoms with Gasteiger partial charge in [0.1, 0.15) is 29.8 Å². The van der Waals surface area contributed by atoms with Crippen molar-refractivity contribution in [2.75, 3.05) is 25.6 Å². The van der Waals surface area contributed by atoms with Crippen molar-refractivity contribution < 1.29 is 18.7 Å². The molecule has 2 aromatic carbocycles. The summed E-state index contributed by atoms with van der Waals surface area (Å²) in [6.07, 6.45) is 0. The summed E-state index contributed by atoms with van der Waals surface area (Å²) >= 11 is 0. The molecule has 3 rings (SSSR count). The Morgan fingerprint density at radius 2 is 1.89 bits per heavy atom. The van der Waals surface area contributed by atoms with Gasteiger partial charge < -0.3 is 14.8 Å². The Morgan fingerprint density at radius 3 is 2.54 bits per heavy atom. The first kappa shape index (κ1) is 19.5. The monoisotopic (exact) mass is 384 g/mol. The highest BCUT2D eigenvalue weighted by molar-refractivity contribution is 6.05. The molecule has 0 aliphatic carbocycles. The van der Waals surface area contributed by atoms with Gasteiger partial charge >= 0.3 is 0 Å². The van der Waals surface area contributed by atoms with Crippen LogP contribution in [0.15, 0.2) is 42.5 Å². The molecule has 1 amide bonds. The van der Waals surface area contributed by atoms with E-state index in [4.69, 9.17) is 9.47 Å². The number of amides is 1. The fourth-order valence-electron chi connectivity index (χ4n) is 2.67. The number of hydrogen-bond donors (Lipinski definition) is 1. The van der Waals surface area contributed by atoms with Crippen LogP contribution < -0.4 is 10.1 Å². The number of carbonyl (C=O) groups excluding carboxylic acids is 1. The molecule has 0 atom stereocenters. The maximum absolute atomic E-state index is 13.6. The lowest BCUT2D eigenvalue weighted by Gasteiger charge is -2.13. The molecule has 0 spiro atoms. The van der Waals surface area contributed by atoms with E-state index in [1.54, 1.807) is 36.1 Å². The lowest BCUT2D eigenvalue weighted by Crippen LogP contribution is -2.14. The summed E-state index contributed by atoms with van der Waals surface area (Å²) in [5, 5.41) is 7.01. The van der Waals surface area contributed by atoms with E-state index in [1.807, 2.05) is 13.8 Å². The van der Waals surface area contributed by atoms with Crippen LogP contribution in [0.1, 0.15) is 22.0 Å². The maximum atomic E-state index is 13.6. The first-order chi connectivity index (χ1) is 13.5. The van der Waals surface area contributed by atoms with E-state index in [2.05, 4.69) is 15.4 Å². The van der Waals surface area contributed by atoms with Gasteiger partial charge in [-0.15, -0.1) is 0 Å². The van der Waals surface area contributed by atoms with Gasteiger partial charge in [-0.2, -0.15) is 5.10 Å². The third kappa shape index (κ3) is 4.52. The molecule has 0 fully saturated rings. The van der Waals surface area contributed by atoms with Crippen LogP contribution in [-0.4, -0.2) is 41.0 Å². The molecule has 1 heterocycles. The van der Waals surface area contributed by atoms with Gasteiger partial charge in [-0.05, 0) is 50.2 Å². The van der Waals surface area contributed by atoms with Crippen molar-refractivity contribution in [3.8, 4) is 11.4 Å². The molecule has 8 heteroatoms. The molecule has 146 valence electrons. The Hall–Kier alpha value is -3.26. The van der Waals surface area contributed by atoms with Gasteiger partial charge in [0.2, 0.25) is 0 Å². The minimum absolute atomic E-state index is 0.257. The second-order valence-electron chi connectivity index (χ2n) is 6.10. The number of halogens is 1. The molecular weight excluding hydrogens is 363 g/mol. The smallest absolute Gasteiger partial charge is 0.255 e. The molecule has 28 heavy (non-hydrogen) atoms. The Balaban J connectivity index is 1.76. The quantitative estimate of drug-likeness (QED) is 0.633. The Kier molecular flexibility index (Phi) is 6.00. The van der Waals surface area contributed by atoms with Gasteiger partial charge in [0.05, 0.1) is 18.0 Å². The minimum Gasteiger partial charge on any atom is -0.489 e. The van der Waals surface area contributed by atoms with Crippen LogP contribution in [0.5, 0.6) is 5.75 Å². The van der Waals surface area contributed by atoms with E-state index in [1.165, 1.54) is 18.2 Å². The van der Waals surface area contributed by atoms with Crippen LogP contribution in [0.4, 0.5) is 10.1 Å². The van der Waals surface area contributed by atoms with Crippen molar-refractivity contribution in [2.24, 2.45) is 0 Å². The maximum Gasteiger partial charge on any atom is 0.255 e. The highest BCUT2D eigenvalue weighted by Crippen LogP contribution is 2.26. The van der Waals surface area contributed by atoms with Crippen LogP contribution in [0, 0.1) is 19.7 Å². The van der Waals surface area contributed by atoms with E-state index in [0.717, 1.165) is 11.5 Å². The zero-order chi connectivity index (χ0) is 20.1. The molecule has 7 nitrogen and oxygen atoms in total. The Bertz CT molecular complexity index is 970. The van der Waals surface area contributed by atoms with Crippen molar-refractivity contribution in [1.82, 2.24) is 14.8 Å². The fraction of sp³-hybridized carbons (Fsp3) is 0.250.